The number of carbonyl (C=O) groups excluding carboxylic acids is 1. The number of nitrogens with zero attached hydrogens (tertiary/aromatic N) is 1. The van der Waals surface area contributed by atoms with Gasteiger partial charge in [-0.3, -0.25) is 4.79 Å². The van der Waals surface area contributed by atoms with Crippen LogP contribution in [0.3, 0.4) is 0 Å². The number of benzene rings is 1. The summed E-state index contributed by atoms with van der Waals surface area (Å²) in [6, 6.07) is 7.09. The van der Waals surface area contributed by atoms with Crippen LogP contribution in [0.25, 0.3) is 0 Å². The Labute approximate surface area is 97.9 Å². The van der Waals surface area contributed by atoms with Crippen molar-refractivity contribution in [1.29, 1.82) is 0 Å². The van der Waals surface area contributed by atoms with Crippen LogP contribution in [0.2, 0.25) is 0 Å². The Balaban J connectivity index is 3.27. The molecule has 7 heteroatoms. The monoisotopic (exact) mass is 263 g/mol. The molecular formula is C10H11F2NO3S. The molecule has 0 radical (unpaired) electrons. The summed E-state index contributed by atoms with van der Waals surface area (Å²) in [6.07, 6.45) is -3.36. The molecule has 0 N–H and O–H groups in total. The van der Waals surface area contributed by atoms with Crippen molar-refractivity contribution in [3.63, 3.8) is 0 Å². The zero-order valence-electron chi connectivity index (χ0n) is 9.01. The van der Waals surface area contributed by atoms with Crippen LogP contribution in [0.15, 0.2) is 30.3 Å². The lowest BCUT2D eigenvalue weighted by Gasteiger charge is -2.21. The van der Waals surface area contributed by atoms with Crippen molar-refractivity contribution < 1.29 is 22.0 Å². The van der Waals surface area contributed by atoms with Gasteiger partial charge in [-0.1, -0.05) is 18.2 Å². The maximum Gasteiger partial charge on any atom is 0.317 e. The first kappa shape index (κ1) is 13.6. The van der Waals surface area contributed by atoms with Crippen LogP contribution in [0.5, 0.6) is 0 Å². The maximum absolute atomic E-state index is 12.4. The Bertz CT molecular complexity index is 488. The second-order valence-electron chi connectivity index (χ2n) is 3.14. The number of amides is 1. The lowest BCUT2D eigenvalue weighted by Crippen LogP contribution is -2.41. The number of halogens is 2. The van der Waals surface area contributed by atoms with Gasteiger partial charge in [-0.25, -0.2) is 12.7 Å². The summed E-state index contributed by atoms with van der Waals surface area (Å²) in [6.45, 7) is 1.28. The van der Waals surface area contributed by atoms with Crippen molar-refractivity contribution in [2.24, 2.45) is 0 Å². The lowest BCUT2D eigenvalue weighted by molar-refractivity contribution is -0.127. The van der Waals surface area contributed by atoms with Crippen molar-refractivity contribution in [3.05, 3.63) is 30.3 Å². The van der Waals surface area contributed by atoms with Crippen molar-refractivity contribution in [3.8, 4) is 0 Å². The van der Waals surface area contributed by atoms with E-state index in [1.165, 1.54) is 31.2 Å². The molecule has 0 aliphatic rings. The van der Waals surface area contributed by atoms with Gasteiger partial charge in [0, 0.05) is 0 Å². The summed E-state index contributed by atoms with van der Waals surface area (Å²) in [7, 11) is -4.05. The van der Waals surface area contributed by atoms with E-state index in [0.29, 0.717) is 0 Å². The predicted molar refractivity (Wildman–Crippen MR) is 59.4 cm³/mol. The van der Waals surface area contributed by atoms with Crippen LogP contribution in [0, 0.1) is 0 Å². The minimum absolute atomic E-state index is 0.0837. The standard InChI is InChI=1S/C10H11F2NO3S/c1-2-17(15,16)13(10(14)9(11)12)8-6-4-3-5-7-8/h3-7,9H,2H2,1H3. The largest absolute Gasteiger partial charge is 0.317 e. The molecule has 1 aromatic rings. The number of carbonyl (C=O) groups is 1. The first-order chi connectivity index (χ1) is 7.90. The normalized spacial score (nSPS) is 11.5. The SMILES string of the molecule is CCS(=O)(=O)N(C(=O)C(F)F)c1ccccc1. The lowest BCUT2D eigenvalue weighted by atomic mass is 10.3. The third-order valence-corrected chi connectivity index (χ3v) is 3.70. The van der Waals surface area contributed by atoms with E-state index >= 15 is 0 Å². The predicted octanol–water partition coefficient (Wildman–Crippen LogP) is 1.63. The zero-order valence-corrected chi connectivity index (χ0v) is 9.82. The highest BCUT2D eigenvalue weighted by Crippen LogP contribution is 2.20. The molecule has 0 heterocycles. The molecule has 0 saturated heterocycles. The molecule has 4 nitrogen and oxygen atoms in total. The summed E-state index contributed by atoms with van der Waals surface area (Å²) < 4.78 is 48.1. The van der Waals surface area contributed by atoms with Crippen molar-refractivity contribution in [1.82, 2.24) is 0 Å². The van der Waals surface area contributed by atoms with Gasteiger partial charge < -0.3 is 0 Å². The number of alkyl halides is 2. The van der Waals surface area contributed by atoms with E-state index in [1.807, 2.05) is 0 Å². The topological polar surface area (TPSA) is 54.5 Å². The van der Waals surface area contributed by atoms with E-state index in [2.05, 4.69) is 0 Å². The van der Waals surface area contributed by atoms with Gasteiger partial charge in [0.1, 0.15) is 0 Å². The second kappa shape index (κ2) is 5.22. The van der Waals surface area contributed by atoms with Gasteiger partial charge >= 0.3 is 12.3 Å². The molecule has 0 spiro atoms. The van der Waals surface area contributed by atoms with Gasteiger partial charge in [0.25, 0.3) is 0 Å². The highest BCUT2D eigenvalue weighted by molar-refractivity contribution is 7.93. The van der Waals surface area contributed by atoms with Crippen LogP contribution >= 0.6 is 0 Å². The Morgan fingerprint density at radius 3 is 2.24 bits per heavy atom. The first-order valence-corrected chi connectivity index (χ1v) is 6.41. The summed E-state index contributed by atoms with van der Waals surface area (Å²) >= 11 is 0. The zero-order chi connectivity index (χ0) is 13.1. The van der Waals surface area contributed by atoms with E-state index in [1.54, 1.807) is 6.07 Å². The fourth-order valence-corrected chi connectivity index (χ4v) is 2.26. The quantitative estimate of drug-likeness (QED) is 0.829. The highest BCUT2D eigenvalue weighted by atomic mass is 32.2. The van der Waals surface area contributed by atoms with Crippen LogP contribution in [-0.2, 0) is 14.8 Å². The summed E-state index contributed by atoms with van der Waals surface area (Å²) in [4.78, 5) is 11.2. The van der Waals surface area contributed by atoms with Crippen LogP contribution in [0.4, 0.5) is 14.5 Å². The van der Waals surface area contributed by atoms with E-state index in [-0.39, 0.29) is 9.99 Å². The second-order valence-corrected chi connectivity index (χ2v) is 5.25. The molecule has 94 valence electrons. The van der Waals surface area contributed by atoms with Crippen LogP contribution in [-0.4, -0.2) is 26.5 Å². The fourth-order valence-electron chi connectivity index (χ4n) is 1.21. The molecule has 0 aliphatic carbocycles. The molecular weight excluding hydrogens is 252 g/mol. The third-order valence-electron chi connectivity index (χ3n) is 2.02. The average molecular weight is 263 g/mol. The van der Waals surface area contributed by atoms with Gasteiger partial charge in [-0.2, -0.15) is 8.78 Å². The Hall–Kier alpha value is -1.50. The molecule has 0 saturated carbocycles. The molecule has 17 heavy (non-hydrogen) atoms. The maximum atomic E-state index is 12.4. The van der Waals surface area contributed by atoms with Gasteiger partial charge in [0.2, 0.25) is 10.0 Å². The van der Waals surface area contributed by atoms with E-state index in [0.717, 1.165) is 0 Å². The number of rotatable bonds is 4. The Kier molecular flexibility index (Phi) is 4.17. The van der Waals surface area contributed by atoms with Gasteiger partial charge in [-0.05, 0) is 19.1 Å². The molecule has 0 aliphatic heterocycles. The number of hydrogen-bond donors (Lipinski definition) is 0. The molecule has 1 aromatic carbocycles. The fraction of sp³-hybridized carbons (Fsp3) is 0.300. The van der Waals surface area contributed by atoms with Crippen molar-refractivity contribution >= 4 is 21.6 Å². The summed E-state index contributed by atoms with van der Waals surface area (Å²) in [5.41, 5.74) is -0.0837. The van der Waals surface area contributed by atoms with E-state index < -0.39 is 28.1 Å². The Morgan fingerprint density at radius 2 is 1.82 bits per heavy atom. The molecule has 0 fully saturated rings. The molecule has 0 atom stereocenters. The number of hydrogen-bond acceptors (Lipinski definition) is 3. The van der Waals surface area contributed by atoms with Crippen LogP contribution in [0.1, 0.15) is 6.92 Å². The van der Waals surface area contributed by atoms with Gasteiger partial charge in [-0.15, -0.1) is 0 Å². The molecule has 0 aromatic heterocycles. The first-order valence-electron chi connectivity index (χ1n) is 4.80. The summed E-state index contributed by atoms with van der Waals surface area (Å²) in [5, 5.41) is 0. The molecule has 1 rings (SSSR count). The van der Waals surface area contributed by atoms with E-state index in [9.17, 15) is 22.0 Å². The number of para-hydroxylation sites is 1. The van der Waals surface area contributed by atoms with Crippen molar-refractivity contribution in [2.75, 3.05) is 10.1 Å². The van der Waals surface area contributed by atoms with Gasteiger partial charge in [0.05, 0.1) is 11.4 Å². The highest BCUT2D eigenvalue weighted by Gasteiger charge is 2.33. The van der Waals surface area contributed by atoms with Crippen molar-refractivity contribution in [2.45, 2.75) is 13.3 Å². The Morgan fingerprint density at radius 1 is 1.29 bits per heavy atom. The molecule has 0 bridgehead atoms. The van der Waals surface area contributed by atoms with Gasteiger partial charge in [0.15, 0.2) is 0 Å². The minimum atomic E-state index is -4.05. The minimum Gasteiger partial charge on any atom is -0.267 e. The molecule has 1 amide bonds. The average Bonchev–Trinajstić information content (AvgIpc) is 2.30. The smallest absolute Gasteiger partial charge is 0.267 e. The van der Waals surface area contributed by atoms with E-state index in [4.69, 9.17) is 0 Å². The third kappa shape index (κ3) is 3.00. The molecule has 0 unspecified atom stereocenters. The number of sulfonamides is 1. The summed E-state index contributed by atoms with van der Waals surface area (Å²) in [5.74, 6) is -2.17. The van der Waals surface area contributed by atoms with Crippen LogP contribution < -0.4 is 4.31 Å². The number of anilines is 1.